The van der Waals surface area contributed by atoms with E-state index in [2.05, 4.69) is 50.4 Å². The van der Waals surface area contributed by atoms with Crippen LogP contribution >= 0.6 is 0 Å². The third-order valence-corrected chi connectivity index (χ3v) is 7.08. The number of fused-ring (bicyclic) bond motifs is 1. The van der Waals surface area contributed by atoms with Crippen molar-refractivity contribution in [1.82, 2.24) is 19.9 Å². The van der Waals surface area contributed by atoms with E-state index in [4.69, 9.17) is 4.74 Å². The van der Waals surface area contributed by atoms with Crippen molar-refractivity contribution in [3.63, 3.8) is 0 Å². The van der Waals surface area contributed by atoms with Gasteiger partial charge in [0.15, 0.2) is 0 Å². The Bertz CT molecular complexity index is 1140. The van der Waals surface area contributed by atoms with Crippen molar-refractivity contribution in [2.24, 2.45) is 0 Å². The van der Waals surface area contributed by atoms with Crippen molar-refractivity contribution in [1.29, 1.82) is 0 Å². The van der Waals surface area contributed by atoms with Crippen LogP contribution in [-0.4, -0.2) is 64.3 Å². The molecule has 3 heterocycles. The fourth-order valence-corrected chi connectivity index (χ4v) is 5.43. The number of hydrogen-bond acceptors (Lipinski definition) is 7. The number of hydrogen-bond donors (Lipinski definition) is 2. The highest BCUT2D eigenvalue weighted by Gasteiger charge is 2.31. The largest absolute Gasteiger partial charge is 0.384 e. The molecule has 1 aliphatic heterocycles. The SMILES string of the molecule is CNc1cc(-c2ccc3ncnc(NC4CCC(N5C[C@@H](C)O[C@@H](C)C5)CC4)c3c2)cnc1F. The molecule has 1 aromatic carbocycles. The molecule has 180 valence electrons. The molecule has 1 aliphatic carbocycles. The lowest BCUT2D eigenvalue weighted by Crippen LogP contribution is -2.51. The number of nitrogens with one attached hydrogen (secondary N) is 2. The number of anilines is 2. The predicted octanol–water partition coefficient (Wildman–Crippen LogP) is 4.70. The predicted molar refractivity (Wildman–Crippen MR) is 134 cm³/mol. The zero-order valence-corrected chi connectivity index (χ0v) is 20.1. The van der Waals surface area contributed by atoms with Crippen molar-refractivity contribution in [3.8, 4) is 11.1 Å². The maximum Gasteiger partial charge on any atom is 0.236 e. The van der Waals surface area contributed by atoms with Gasteiger partial charge < -0.3 is 15.4 Å². The molecule has 0 radical (unpaired) electrons. The standard InChI is InChI=1S/C26H33FN6O/c1-16-13-33(14-17(2)34-16)21-7-5-20(6-8-21)32-26-22-10-18(4-9-23(22)30-15-31-26)19-11-24(28-3)25(27)29-12-19/h4,9-12,15-17,20-21,28H,5-8,13-14H2,1-3H3,(H,30,31,32)/t16-,17+,20?,21?. The van der Waals surface area contributed by atoms with Crippen molar-refractivity contribution >= 4 is 22.4 Å². The van der Waals surface area contributed by atoms with Gasteiger partial charge in [0.25, 0.3) is 0 Å². The Hall–Kier alpha value is -2.84. The molecule has 7 nitrogen and oxygen atoms in total. The molecule has 2 aromatic heterocycles. The second kappa shape index (κ2) is 9.80. The van der Waals surface area contributed by atoms with Crippen molar-refractivity contribution < 1.29 is 9.13 Å². The third kappa shape index (κ3) is 4.83. The van der Waals surface area contributed by atoms with Gasteiger partial charge in [0.2, 0.25) is 5.95 Å². The highest BCUT2D eigenvalue weighted by Crippen LogP contribution is 2.31. The molecular weight excluding hydrogens is 431 g/mol. The summed E-state index contributed by atoms with van der Waals surface area (Å²) in [6.07, 6.45) is 8.38. The smallest absolute Gasteiger partial charge is 0.236 e. The quantitative estimate of drug-likeness (QED) is 0.530. The summed E-state index contributed by atoms with van der Waals surface area (Å²) in [7, 11) is 1.69. The second-order valence-electron chi connectivity index (χ2n) is 9.63. The summed E-state index contributed by atoms with van der Waals surface area (Å²) >= 11 is 0. The second-order valence-corrected chi connectivity index (χ2v) is 9.63. The molecule has 0 unspecified atom stereocenters. The van der Waals surface area contributed by atoms with Crippen LogP contribution in [-0.2, 0) is 4.74 Å². The van der Waals surface area contributed by atoms with Crippen molar-refractivity contribution in [3.05, 3.63) is 42.7 Å². The number of nitrogens with zero attached hydrogens (tertiary/aromatic N) is 4. The molecule has 34 heavy (non-hydrogen) atoms. The first-order valence-corrected chi connectivity index (χ1v) is 12.2. The zero-order chi connectivity index (χ0) is 23.7. The topological polar surface area (TPSA) is 75.2 Å². The summed E-state index contributed by atoms with van der Waals surface area (Å²) in [6.45, 7) is 6.40. The van der Waals surface area contributed by atoms with Crippen LogP contribution < -0.4 is 10.6 Å². The van der Waals surface area contributed by atoms with Crippen LogP contribution in [0.4, 0.5) is 15.9 Å². The summed E-state index contributed by atoms with van der Waals surface area (Å²) < 4.78 is 19.7. The number of halogens is 1. The van der Waals surface area contributed by atoms with E-state index in [0.717, 1.165) is 53.8 Å². The maximum absolute atomic E-state index is 13.8. The molecule has 0 amide bonds. The highest BCUT2D eigenvalue weighted by atomic mass is 19.1. The first-order valence-electron chi connectivity index (χ1n) is 12.2. The Kier molecular flexibility index (Phi) is 6.61. The fourth-order valence-electron chi connectivity index (χ4n) is 5.43. The number of aromatic nitrogens is 3. The van der Waals surface area contributed by atoms with Gasteiger partial charge in [-0.2, -0.15) is 4.39 Å². The number of benzene rings is 1. The zero-order valence-electron chi connectivity index (χ0n) is 20.1. The number of ether oxygens (including phenoxy) is 1. The lowest BCUT2D eigenvalue weighted by Gasteiger charge is -2.43. The third-order valence-electron chi connectivity index (χ3n) is 7.08. The summed E-state index contributed by atoms with van der Waals surface area (Å²) in [5.74, 6) is 0.349. The van der Waals surface area contributed by atoms with E-state index in [0.29, 0.717) is 30.0 Å². The van der Waals surface area contributed by atoms with Gasteiger partial charge in [-0.05, 0) is 63.3 Å². The minimum absolute atomic E-state index is 0.307. The van der Waals surface area contributed by atoms with Gasteiger partial charge in [-0.25, -0.2) is 15.0 Å². The molecule has 0 spiro atoms. The first-order chi connectivity index (χ1) is 16.5. The van der Waals surface area contributed by atoms with E-state index in [1.54, 1.807) is 25.6 Å². The lowest BCUT2D eigenvalue weighted by molar-refractivity contribution is -0.0842. The van der Waals surface area contributed by atoms with E-state index >= 15 is 0 Å². The molecule has 1 saturated heterocycles. The molecule has 2 atom stereocenters. The van der Waals surface area contributed by atoms with E-state index < -0.39 is 5.95 Å². The highest BCUT2D eigenvalue weighted by molar-refractivity contribution is 5.92. The van der Waals surface area contributed by atoms with Crippen LogP contribution in [0.3, 0.4) is 0 Å². The van der Waals surface area contributed by atoms with Crippen LogP contribution in [0.1, 0.15) is 39.5 Å². The van der Waals surface area contributed by atoms with Crippen LogP contribution in [0.15, 0.2) is 36.8 Å². The van der Waals surface area contributed by atoms with Crippen molar-refractivity contribution in [2.75, 3.05) is 30.8 Å². The molecule has 3 aromatic rings. The van der Waals surface area contributed by atoms with Gasteiger partial charge in [-0.1, -0.05) is 6.07 Å². The molecule has 0 bridgehead atoms. The van der Waals surface area contributed by atoms with Gasteiger partial charge in [-0.15, -0.1) is 0 Å². The van der Waals surface area contributed by atoms with Gasteiger partial charge in [0.1, 0.15) is 12.1 Å². The van der Waals surface area contributed by atoms with Crippen LogP contribution in [0.25, 0.3) is 22.0 Å². The number of pyridine rings is 1. The summed E-state index contributed by atoms with van der Waals surface area (Å²) in [5.41, 5.74) is 3.06. The van der Waals surface area contributed by atoms with E-state index in [9.17, 15) is 4.39 Å². The summed E-state index contributed by atoms with van der Waals surface area (Å²) in [4.78, 5) is 15.5. The summed E-state index contributed by atoms with van der Waals surface area (Å²) in [5, 5.41) is 7.51. The molecular formula is C26H33FN6O. The van der Waals surface area contributed by atoms with Gasteiger partial charge in [-0.3, -0.25) is 4.90 Å². The Morgan fingerprint density at radius 2 is 1.74 bits per heavy atom. The van der Waals surface area contributed by atoms with E-state index in [-0.39, 0.29) is 0 Å². The van der Waals surface area contributed by atoms with Gasteiger partial charge >= 0.3 is 0 Å². The average Bonchev–Trinajstić information content (AvgIpc) is 2.84. The van der Waals surface area contributed by atoms with E-state index in [1.165, 1.54) is 12.8 Å². The molecule has 8 heteroatoms. The normalized spacial score (nSPS) is 25.9. The van der Waals surface area contributed by atoms with E-state index in [1.807, 2.05) is 12.1 Å². The first kappa shape index (κ1) is 22.9. The molecule has 5 rings (SSSR count). The molecule has 2 fully saturated rings. The molecule has 2 aliphatic rings. The number of rotatable bonds is 5. The fraction of sp³-hybridized carbons (Fsp3) is 0.500. The number of morpholine rings is 1. The monoisotopic (exact) mass is 464 g/mol. The Labute approximate surface area is 200 Å². The van der Waals surface area contributed by atoms with Crippen LogP contribution in [0.2, 0.25) is 0 Å². The minimum Gasteiger partial charge on any atom is -0.384 e. The lowest BCUT2D eigenvalue weighted by atomic mass is 9.89. The summed E-state index contributed by atoms with van der Waals surface area (Å²) in [6, 6.07) is 8.83. The van der Waals surface area contributed by atoms with Gasteiger partial charge in [0.05, 0.1) is 23.4 Å². The Morgan fingerprint density at radius 1 is 0.971 bits per heavy atom. The average molecular weight is 465 g/mol. The van der Waals surface area contributed by atoms with Crippen molar-refractivity contribution in [2.45, 2.75) is 63.8 Å². The minimum atomic E-state index is -0.505. The van der Waals surface area contributed by atoms with Crippen LogP contribution in [0, 0.1) is 5.95 Å². The molecule has 1 saturated carbocycles. The van der Waals surface area contributed by atoms with Gasteiger partial charge in [0, 0.05) is 49.4 Å². The maximum atomic E-state index is 13.8. The van der Waals surface area contributed by atoms with Crippen LogP contribution in [0.5, 0.6) is 0 Å². The molecule has 2 N–H and O–H groups in total. The Morgan fingerprint density at radius 3 is 2.47 bits per heavy atom. The Balaban J connectivity index is 1.31.